The molecule has 1 aromatic heterocycles. The van der Waals surface area contributed by atoms with Crippen LogP contribution in [0.3, 0.4) is 0 Å². The van der Waals surface area contributed by atoms with Crippen LogP contribution in [0.15, 0.2) is 48.3 Å². The van der Waals surface area contributed by atoms with E-state index >= 15 is 0 Å². The number of ether oxygens (including phenoxy) is 1. The quantitative estimate of drug-likeness (QED) is 0.599. The minimum atomic E-state index is -0.758. The Balaban J connectivity index is 1.58. The molecule has 7 heteroatoms. The van der Waals surface area contributed by atoms with Crippen LogP contribution in [0.1, 0.15) is 50.6 Å². The smallest absolute Gasteiger partial charge is 0.335 e. The monoisotopic (exact) mass is 407 g/mol. The standard InChI is InChI=1S/C23H25N3O4/c1-2-30-19-10-8-18(9-11-19)26-22(28)20(21(27)24-23(26)29)14-16-12-13-25(15-16)17-6-4-3-5-7-17/h8-15,17H,2-7H2,1H3,(H,24,27,29)/b20-14-. The normalized spacial score (nSPS) is 19.3. The molecule has 4 amide bonds. The van der Waals surface area contributed by atoms with Gasteiger partial charge in [-0.2, -0.15) is 0 Å². The molecule has 1 saturated carbocycles. The van der Waals surface area contributed by atoms with E-state index in [1.54, 1.807) is 30.3 Å². The first-order valence-electron chi connectivity index (χ1n) is 10.4. The van der Waals surface area contributed by atoms with Gasteiger partial charge in [-0.05, 0) is 61.7 Å². The lowest BCUT2D eigenvalue weighted by molar-refractivity contribution is -0.122. The number of carbonyl (C=O) groups excluding carboxylic acids is 3. The van der Waals surface area contributed by atoms with E-state index in [1.165, 1.54) is 19.3 Å². The number of aromatic nitrogens is 1. The molecule has 0 atom stereocenters. The first kappa shape index (κ1) is 19.9. The van der Waals surface area contributed by atoms with Crippen molar-refractivity contribution in [3.05, 3.63) is 53.9 Å². The highest BCUT2D eigenvalue weighted by Crippen LogP contribution is 2.29. The number of hydrogen-bond donors (Lipinski definition) is 1. The predicted octanol–water partition coefficient (Wildman–Crippen LogP) is 4.06. The lowest BCUT2D eigenvalue weighted by Crippen LogP contribution is -2.54. The highest BCUT2D eigenvalue weighted by atomic mass is 16.5. The number of nitrogens with one attached hydrogen (secondary N) is 1. The number of rotatable bonds is 5. The maximum atomic E-state index is 13.0. The highest BCUT2D eigenvalue weighted by Gasteiger charge is 2.36. The van der Waals surface area contributed by atoms with Crippen LogP contribution in [0.2, 0.25) is 0 Å². The molecular weight excluding hydrogens is 382 g/mol. The number of benzene rings is 1. The van der Waals surface area contributed by atoms with Gasteiger partial charge in [0.1, 0.15) is 11.3 Å². The summed E-state index contributed by atoms with van der Waals surface area (Å²) in [6, 6.07) is 8.20. The van der Waals surface area contributed by atoms with Crippen LogP contribution in [0.4, 0.5) is 10.5 Å². The molecule has 1 aromatic carbocycles. The summed E-state index contributed by atoms with van der Waals surface area (Å²) in [6.07, 6.45) is 11.5. The van der Waals surface area contributed by atoms with Crippen molar-refractivity contribution in [2.75, 3.05) is 11.5 Å². The average Bonchev–Trinajstić information content (AvgIpc) is 3.22. The zero-order valence-electron chi connectivity index (χ0n) is 17.0. The Kier molecular flexibility index (Phi) is 5.70. The van der Waals surface area contributed by atoms with Crippen molar-refractivity contribution < 1.29 is 19.1 Å². The van der Waals surface area contributed by atoms with Gasteiger partial charge in [0.2, 0.25) is 0 Å². The maximum absolute atomic E-state index is 13.0. The van der Waals surface area contributed by atoms with Gasteiger partial charge >= 0.3 is 6.03 Å². The second kappa shape index (κ2) is 8.57. The minimum absolute atomic E-state index is 0.0649. The number of urea groups is 1. The summed E-state index contributed by atoms with van der Waals surface area (Å²) < 4.78 is 7.56. The van der Waals surface area contributed by atoms with Crippen LogP contribution in [-0.4, -0.2) is 29.0 Å². The first-order valence-corrected chi connectivity index (χ1v) is 10.4. The Hall–Kier alpha value is -3.35. The molecule has 0 unspecified atom stereocenters. The van der Waals surface area contributed by atoms with E-state index in [4.69, 9.17) is 4.74 Å². The number of carbonyl (C=O) groups is 3. The van der Waals surface area contributed by atoms with Gasteiger partial charge < -0.3 is 9.30 Å². The van der Waals surface area contributed by atoms with E-state index in [0.717, 1.165) is 23.3 Å². The van der Waals surface area contributed by atoms with E-state index in [1.807, 2.05) is 25.4 Å². The van der Waals surface area contributed by atoms with Gasteiger partial charge in [0.25, 0.3) is 11.8 Å². The molecule has 2 fully saturated rings. The van der Waals surface area contributed by atoms with Gasteiger partial charge in [-0.3, -0.25) is 14.9 Å². The molecule has 1 saturated heterocycles. The summed E-state index contributed by atoms with van der Waals surface area (Å²) in [4.78, 5) is 38.7. The third-order valence-electron chi connectivity index (χ3n) is 5.55. The predicted molar refractivity (Wildman–Crippen MR) is 113 cm³/mol. The van der Waals surface area contributed by atoms with Crippen LogP contribution in [0, 0.1) is 0 Å². The molecule has 1 aliphatic heterocycles. The second-order valence-electron chi connectivity index (χ2n) is 7.57. The van der Waals surface area contributed by atoms with Crippen molar-refractivity contribution in [2.45, 2.75) is 45.1 Å². The van der Waals surface area contributed by atoms with E-state index < -0.39 is 17.8 Å². The van der Waals surface area contributed by atoms with Gasteiger partial charge in [-0.15, -0.1) is 0 Å². The zero-order valence-corrected chi connectivity index (χ0v) is 17.0. The minimum Gasteiger partial charge on any atom is -0.494 e. The number of imide groups is 2. The van der Waals surface area contributed by atoms with E-state index in [0.29, 0.717) is 24.1 Å². The molecule has 0 spiro atoms. The molecule has 4 rings (SSSR count). The Morgan fingerprint density at radius 3 is 2.50 bits per heavy atom. The Labute approximate surface area is 175 Å². The lowest BCUT2D eigenvalue weighted by Gasteiger charge is -2.26. The summed E-state index contributed by atoms with van der Waals surface area (Å²) in [5.74, 6) is -0.682. The van der Waals surface area contributed by atoms with Crippen molar-refractivity contribution >= 4 is 29.6 Å². The molecule has 30 heavy (non-hydrogen) atoms. The van der Waals surface area contributed by atoms with Gasteiger partial charge in [0.05, 0.1) is 12.3 Å². The molecule has 0 radical (unpaired) electrons. The number of hydrogen-bond acceptors (Lipinski definition) is 4. The van der Waals surface area contributed by atoms with Crippen molar-refractivity contribution in [1.29, 1.82) is 0 Å². The Morgan fingerprint density at radius 1 is 1.07 bits per heavy atom. The largest absolute Gasteiger partial charge is 0.494 e. The number of barbiturate groups is 1. The Bertz CT molecular complexity index is 984. The number of nitrogens with zero attached hydrogens (tertiary/aromatic N) is 2. The molecule has 1 N–H and O–H groups in total. The third kappa shape index (κ3) is 4.01. The van der Waals surface area contributed by atoms with Gasteiger partial charge in [-0.1, -0.05) is 19.3 Å². The van der Waals surface area contributed by atoms with Crippen molar-refractivity contribution in [1.82, 2.24) is 9.88 Å². The fourth-order valence-electron chi connectivity index (χ4n) is 4.04. The fourth-order valence-corrected chi connectivity index (χ4v) is 4.04. The summed E-state index contributed by atoms with van der Waals surface area (Å²) in [5, 5.41) is 2.26. The first-order chi connectivity index (χ1) is 14.6. The summed E-state index contributed by atoms with van der Waals surface area (Å²) in [7, 11) is 0. The molecule has 156 valence electrons. The van der Waals surface area contributed by atoms with E-state index in [9.17, 15) is 14.4 Å². The average molecular weight is 407 g/mol. The van der Waals surface area contributed by atoms with Crippen LogP contribution in [0.5, 0.6) is 5.75 Å². The van der Waals surface area contributed by atoms with Crippen molar-refractivity contribution in [3.8, 4) is 5.75 Å². The molecule has 7 nitrogen and oxygen atoms in total. The van der Waals surface area contributed by atoms with Gasteiger partial charge in [0, 0.05) is 18.4 Å². The highest BCUT2D eigenvalue weighted by molar-refractivity contribution is 6.39. The Morgan fingerprint density at radius 2 is 1.80 bits per heavy atom. The van der Waals surface area contributed by atoms with E-state index in [-0.39, 0.29) is 5.57 Å². The number of amides is 4. The third-order valence-corrected chi connectivity index (χ3v) is 5.55. The topological polar surface area (TPSA) is 80.6 Å². The summed E-state index contributed by atoms with van der Waals surface area (Å²) >= 11 is 0. The molecule has 2 aromatic rings. The van der Waals surface area contributed by atoms with E-state index in [2.05, 4.69) is 9.88 Å². The SMILES string of the molecule is CCOc1ccc(N2C(=O)NC(=O)/C(=C/c3ccn(C4CCCCC4)c3)C2=O)cc1. The van der Waals surface area contributed by atoms with Crippen LogP contribution >= 0.6 is 0 Å². The lowest BCUT2D eigenvalue weighted by atomic mass is 9.95. The fraction of sp³-hybridized carbons (Fsp3) is 0.348. The summed E-state index contributed by atoms with van der Waals surface area (Å²) in [5.41, 5.74) is 1.07. The second-order valence-corrected chi connectivity index (χ2v) is 7.57. The van der Waals surface area contributed by atoms with Crippen LogP contribution in [-0.2, 0) is 9.59 Å². The molecular formula is C23H25N3O4. The van der Waals surface area contributed by atoms with Crippen molar-refractivity contribution in [3.63, 3.8) is 0 Å². The van der Waals surface area contributed by atoms with Crippen LogP contribution in [0.25, 0.3) is 6.08 Å². The number of anilines is 1. The summed E-state index contributed by atoms with van der Waals surface area (Å²) in [6.45, 7) is 2.39. The zero-order chi connectivity index (χ0) is 21.1. The van der Waals surface area contributed by atoms with Gasteiger partial charge in [-0.25, -0.2) is 9.69 Å². The molecule has 0 bridgehead atoms. The van der Waals surface area contributed by atoms with Crippen molar-refractivity contribution in [2.24, 2.45) is 0 Å². The molecule has 2 aliphatic rings. The molecule has 2 heterocycles. The van der Waals surface area contributed by atoms with Gasteiger partial charge in [0.15, 0.2) is 0 Å². The molecule has 1 aliphatic carbocycles. The maximum Gasteiger partial charge on any atom is 0.335 e. The van der Waals surface area contributed by atoms with Crippen LogP contribution < -0.4 is 15.0 Å².